The third kappa shape index (κ3) is 2.67. The van der Waals surface area contributed by atoms with Crippen LogP contribution in [0.5, 0.6) is 0 Å². The fourth-order valence-electron chi connectivity index (χ4n) is 4.97. The molecule has 0 fully saturated rings. The molecule has 0 N–H and O–H groups in total. The van der Waals surface area contributed by atoms with Gasteiger partial charge in [0.15, 0.2) is 0 Å². The van der Waals surface area contributed by atoms with Crippen molar-refractivity contribution in [1.29, 1.82) is 0 Å². The van der Waals surface area contributed by atoms with E-state index in [1.807, 2.05) is 0 Å². The molecule has 3 heteroatoms. The Morgan fingerprint density at radius 2 is 1.47 bits per heavy atom. The molecule has 0 atom stereocenters. The van der Waals surface area contributed by atoms with E-state index in [9.17, 15) is 0 Å². The van der Waals surface area contributed by atoms with Crippen molar-refractivity contribution in [3.63, 3.8) is 0 Å². The molecule has 2 heterocycles. The Morgan fingerprint density at radius 3 is 2.31 bits per heavy atom. The molecule has 0 saturated heterocycles. The monoisotopic (exact) mass is 415 g/mol. The SMILES string of the molecule is Cn1c2c(-c3cccc4cc(C(C)(C)C)ccc34)ncnc2c2ccc3ccccc3c21. The molecule has 6 aromatic rings. The molecule has 0 unspecified atom stereocenters. The maximum absolute atomic E-state index is 4.80. The van der Waals surface area contributed by atoms with Gasteiger partial charge in [-0.25, -0.2) is 9.97 Å². The topological polar surface area (TPSA) is 30.7 Å². The van der Waals surface area contributed by atoms with Gasteiger partial charge in [-0.15, -0.1) is 0 Å². The van der Waals surface area contributed by atoms with Crippen molar-refractivity contribution >= 4 is 43.5 Å². The minimum atomic E-state index is 0.114. The number of aryl methyl sites for hydroxylation is 1. The van der Waals surface area contributed by atoms with Crippen LogP contribution in [0.4, 0.5) is 0 Å². The van der Waals surface area contributed by atoms with Gasteiger partial charge in [0.2, 0.25) is 0 Å². The van der Waals surface area contributed by atoms with Crippen molar-refractivity contribution in [3.8, 4) is 11.3 Å². The fourth-order valence-corrected chi connectivity index (χ4v) is 4.97. The van der Waals surface area contributed by atoms with Crippen molar-refractivity contribution < 1.29 is 0 Å². The van der Waals surface area contributed by atoms with Crippen LogP contribution in [0.25, 0.3) is 54.7 Å². The number of rotatable bonds is 1. The fraction of sp³-hybridized carbons (Fsp3) is 0.172. The molecule has 0 saturated carbocycles. The summed E-state index contributed by atoms with van der Waals surface area (Å²) in [5, 5.41) is 6.10. The van der Waals surface area contributed by atoms with Crippen molar-refractivity contribution in [2.24, 2.45) is 7.05 Å². The highest BCUT2D eigenvalue weighted by molar-refractivity contribution is 6.19. The quantitative estimate of drug-likeness (QED) is 0.280. The van der Waals surface area contributed by atoms with Crippen LogP contribution < -0.4 is 0 Å². The first-order valence-electron chi connectivity index (χ1n) is 11.1. The number of hydrogen-bond donors (Lipinski definition) is 0. The third-order valence-electron chi connectivity index (χ3n) is 6.65. The molecule has 6 rings (SSSR count). The smallest absolute Gasteiger partial charge is 0.116 e. The number of hydrogen-bond acceptors (Lipinski definition) is 2. The van der Waals surface area contributed by atoms with E-state index in [0.29, 0.717) is 0 Å². The zero-order valence-electron chi connectivity index (χ0n) is 18.8. The zero-order valence-corrected chi connectivity index (χ0v) is 18.8. The molecule has 2 aromatic heterocycles. The highest BCUT2D eigenvalue weighted by atomic mass is 15.0. The molecule has 156 valence electrons. The van der Waals surface area contributed by atoms with E-state index in [2.05, 4.69) is 105 Å². The number of aromatic nitrogens is 3. The van der Waals surface area contributed by atoms with Gasteiger partial charge in [-0.3, -0.25) is 0 Å². The summed E-state index contributed by atoms with van der Waals surface area (Å²) in [5.41, 5.74) is 6.86. The summed E-state index contributed by atoms with van der Waals surface area (Å²) in [6.45, 7) is 6.77. The first-order valence-corrected chi connectivity index (χ1v) is 11.1. The molecule has 0 aliphatic carbocycles. The molecule has 4 aromatic carbocycles. The maximum Gasteiger partial charge on any atom is 0.116 e. The summed E-state index contributed by atoms with van der Waals surface area (Å²) in [6.07, 6.45) is 1.70. The number of benzene rings is 4. The molecule has 0 aliphatic rings. The Labute approximate surface area is 187 Å². The van der Waals surface area contributed by atoms with E-state index in [1.165, 1.54) is 38.0 Å². The lowest BCUT2D eigenvalue weighted by Crippen LogP contribution is -2.10. The first-order chi connectivity index (χ1) is 15.4. The molecular weight excluding hydrogens is 390 g/mol. The van der Waals surface area contributed by atoms with Gasteiger partial charge in [0.1, 0.15) is 11.8 Å². The molecule has 32 heavy (non-hydrogen) atoms. The highest BCUT2D eigenvalue weighted by Crippen LogP contribution is 2.38. The average molecular weight is 416 g/mol. The lowest BCUT2D eigenvalue weighted by Gasteiger charge is -2.20. The number of nitrogens with zero attached hydrogens (tertiary/aromatic N) is 3. The highest BCUT2D eigenvalue weighted by Gasteiger charge is 2.19. The summed E-state index contributed by atoms with van der Waals surface area (Å²) < 4.78 is 2.27. The van der Waals surface area contributed by atoms with E-state index in [4.69, 9.17) is 9.97 Å². The Morgan fingerprint density at radius 1 is 0.688 bits per heavy atom. The standard InChI is InChI=1S/C29H25N3/c1-29(2,3)20-13-15-21-19(16-20)9-7-11-23(21)25-28-26(31-17-30-25)24-14-12-18-8-5-6-10-22(18)27(24)32(28)4/h5-17H,1-4H3. The van der Waals surface area contributed by atoms with E-state index in [-0.39, 0.29) is 5.41 Å². The summed E-state index contributed by atoms with van der Waals surface area (Å²) in [4.78, 5) is 9.52. The van der Waals surface area contributed by atoms with Crippen molar-refractivity contribution in [3.05, 3.63) is 84.7 Å². The normalized spacial score (nSPS) is 12.4. The van der Waals surface area contributed by atoms with Gasteiger partial charge >= 0.3 is 0 Å². The van der Waals surface area contributed by atoms with Gasteiger partial charge in [-0.1, -0.05) is 87.5 Å². The predicted molar refractivity (Wildman–Crippen MR) is 135 cm³/mol. The molecule has 0 bridgehead atoms. The van der Waals surface area contributed by atoms with Gasteiger partial charge in [0, 0.05) is 23.4 Å². The Bertz CT molecular complexity index is 1670. The van der Waals surface area contributed by atoms with Crippen molar-refractivity contribution in [1.82, 2.24) is 14.5 Å². The van der Waals surface area contributed by atoms with Gasteiger partial charge in [-0.2, -0.15) is 0 Å². The largest absolute Gasteiger partial charge is 0.340 e. The molecular formula is C29H25N3. The van der Waals surface area contributed by atoms with Crippen LogP contribution in [0.15, 0.2) is 79.1 Å². The van der Waals surface area contributed by atoms with Gasteiger partial charge in [-0.05, 0) is 33.2 Å². The average Bonchev–Trinajstić information content (AvgIpc) is 3.10. The van der Waals surface area contributed by atoms with E-state index in [0.717, 1.165) is 22.3 Å². The van der Waals surface area contributed by atoms with Crippen LogP contribution in [0.3, 0.4) is 0 Å². The van der Waals surface area contributed by atoms with Crippen LogP contribution >= 0.6 is 0 Å². The molecule has 0 aliphatic heterocycles. The Kier molecular flexibility index (Phi) is 3.94. The minimum Gasteiger partial charge on any atom is -0.340 e. The Balaban J connectivity index is 1.70. The van der Waals surface area contributed by atoms with Gasteiger partial charge < -0.3 is 4.57 Å². The molecule has 0 amide bonds. The zero-order chi connectivity index (χ0) is 22.0. The van der Waals surface area contributed by atoms with E-state index < -0.39 is 0 Å². The molecule has 3 nitrogen and oxygen atoms in total. The van der Waals surface area contributed by atoms with Crippen molar-refractivity contribution in [2.45, 2.75) is 26.2 Å². The minimum absolute atomic E-state index is 0.114. The van der Waals surface area contributed by atoms with Crippen LogP contribution in [0.1, 0.15) is 26.3 Å². The maximum atomic E-state index is 4.80. The summed E-state index contributed by atoms with van der Waals surface area (Å²) >= 11 is 0. The second kappa shape index (κ2) is 6.64. The molecule has 0 spiro atoms. The predicted octanol–water partition coefficient (Wildman–Crippen LogP) is 7.39. The van der Waals surface area contributed by atoms with Gasteiger partial charge in [0.05, 0.1) is 16.7 Å². The van der Waals surface area contributed by atoms with E-state index in [1.54, 1.807) is 6.33 Å². The van der Waals surface area contributed by atoms with Crippen LogP contribution in [-0.4, -0.2) is 14.5 Å². The number of fused-ring (bicyclic) bond motifs is 6. The van der Waals surface area contributed by atoms with Gasteiger partial charge in [0.25, 0.3) is 0 Å². The van der Waals surface area contributed by atoms with Crippen LogP contribution in [-0.2, 0) is 12.5 Å². The first kappa shape index (κ1) is 19.0. The summed E-state index contributed by atoms with van der Waals surface area (Å²) in [5.74, 6) is 0. The Hall–Kier alpha value is -3.72. The molecule has 0 radical (unpaired) electrons. The second-order valence-corrected chi connectivity index (χ2v) is 9.65. The van der Waals surface area contributed by atoms with Crippen LogP contribution in [0.2, 0.25) is 0 Å². The lowest BCUT2D eigenvalue weighted by molar-refractivity contribution is 0.591. The van der Waals surface area contributed by atoms with Crippen LogP contribution in [0, 0.1) is 0 Å². The third-order valence-corrected chi connectivity index (χ3v) is 6.65. The van der Waals surface area contributed by atoms with E-state index >= 15 is 0 Å². The van der Waals surface area contributed by atoms with Crippen molar-refractivity contribution in [2.75, 3.05) is 0 Å². The second-order valence-electron chi connectivity index (χ2n) is 9.65. The lowest BCUT2D eigenvalue weighted by atomic mass is 9.85. The summed E-state index contributed by atoms with van der Waals surface area (Å²) in [7, 11) is 2.13. The summed E-state index contributed by atoms with van der Waals surface area (Å²) in [6, 6.07) is 26.2.